The van der Waals surface area contributed by atoms with Gasteiger partial charge in [0.1, 0.15) is 0 Å². The standard InChI is InChI=1S/C17H27NO3/c1-15(2)6-10-7-17(5,8-15)9-18(10)13(19)11-12(14(20)21)16(11,3)4/h10-12H,6-9H2,1-5H3,(H,20,21)/t10?,11-,12+,17?/m1/s1. The smallest absolute Gasteiger partial charge is 0.307 e. The van der Waals surface area contributed by atoms with Crippen LogP contribution in [0.1, 0.15) is 53.9 Å². The van der Waals surface area contributed by atoms with E-state index in [1.165, 1.54) is 0 Å². The first-order chi connectivity index (χ1) is 9.47. The normalized spacial score (nSPS) is 42.7. The van der Waals surface area contributed by atoms with Crippen molar-refractivity contribution in [2.75, 3.05) is 6.54 Å². The molecule has 0 aromatic carbocycles. The van der Waals surface area contributed by atoms with Gasteiger partial charge in [-0.05, 0) is 35.5 Å². The first kappa shape index (κ1) is 14.9. The van der Waals surface area contributed by atoms with Crippen LogP contribution in [0, 0.1) is 28.1 Å². The van der Waals surface area contributed by atoms with Gasteiger partial charge < -0.3 is 10.0 Å². The number of carbonyl (C=O) groups is 2. The molecule has 3 fully saturated rings. The van der Waals surface area contributed by atoms with Gasteiger partial charge in [-0.15, -0.1) is 0 Å². The Morgan fingerprint density at radius 2 is 1.67 bits per heavy atom. The van der Waals surface area contributed by atoms with Crippen LogP contribution in [-0.2, 0) is 9.59 Å². The number of carbonyl (C=O) groups excluding carboxylic acids is 1. The summed E-state index contributed by atoms with van der Waals surface area (Å²) in [5.41, 5.74) is 0.0911. The van der Waals surface area contributed by atoms with Gasteiger partial charge in [0.25, 0.3) is 0 Å². The van der Waals surface area contributed by atoms with Crippen LogP contribution in [0.4, 0.5) is 0 Å². The van der Waals surface area contributed by atoms with Gasteiger partial charge in [-0.3, -0.25) is 9.59 Å². The quantitative estimate of drug-likeness (QED) is 0.851. The van der Waals surface area contributed by atoms with Crippen molar-refractivity contribution in [3.63, 3.8) is 0 Å². The molecular formula is C17H27NO3. The van der Waals surface area contributed by atoms with Gasteiger partial charge in [0.15, 0.2) is 0 Å². The molecule has 0 spiro atoms. The summed E-state index contributed by atoms with van der Waals surface area (Å²) in [6, 6.07) is 0.303. The molecule has 1 N–H and O–H groups in total. The molecule has 1 amide bonds. The van der Waals surface area contributed by atoms with Crippen molar-refractivity contribution in [1.29, 1.82) is 0 Å². The van der Waals surface area contributed by atoms with Gasteiger partial charge in [-0.1, -0.05) is 34.6 Å². The second kappa shape index (κ2) is 4.02. The lowest BCUT2D eigenvalue weighted by Crippen LogP contribution is -2.39. The van der Waals surface area contributed by atoms with E-state index in [-0.39, 0.29) is 22.7 Å². The number of hydrogen-bond acceptors (Lipinski definition) is 2. The van der Waals surface area contributed by atoms with Crippen molar-refractivity contribution < 1.29 is 14.7 Å². The van der Waals surface area contributed by atoms with E-state index in [0.717, 1.165) is 25.8 Å². The number of nitrogens with zero attached hydrogens (tertiary/aromatic N) is 1. The fraction of sp³-hybridized carbons (Fsp3) is 0.882. The molecule has 0 radical (unpaired) electrons. The van der Waals surface area contributed by atoms with Crippen molar-refractivity contribution in [2.24, 2.45) is 28.1 Å². The maximum atomic E-state index is 12.9. The van der Waals surface area contributed by atoms with E-state index in [2.05, 4.69) is 20.8 Å². The van der Waals surface area contributed by atoms with E-state index < -0.39 is 17.3 Å². The first-order valence-corrected chi connectivity index (χ1v) is 8.00. The molecule has 2 saturated carbocycles. The van der Waals surface area contributed by atoms with Crippen LogP contribution in [-0.4, -0.2) is 34.5 Å². The molecule has 3 rings (SSSR count). The van der Waals surface area contributed by atoms with Gasteiger partial charge in [-0.25, -0.2) is 0 Å². The third kappa shape index (κ3) is 2.18. The monoisotopic (exact) mass is 293 g/mol. The summed E-state index contributed by atoms with van der Waals surface area (Å²) in [6.07, 6.45) is 3.27. The topological polar surface area (TPSA) is 57.6 Å². The number of rotatable bonds is 2. The predicted octanol–water partition coefficient (Wildman–Crippen LogP) is 2.77. The summed E-state index contributed by atoms with van der Waals surface area (Å²) in [7, 11) is 0. The highest BCUT2D eigenvalue weighted by Gasteiger charge is 2.68. The first-order valence-electron chi connectivity index (χ1n) is 8.00. The van der Waals surface area contributed by atoms with Crippen molar-refractivity contribution in [3.05, 3.63) is 0 Å². The molecule has 4 atom stereocenters. The van der Waals surface area contributed by atoms with E-state index in [1.807, 2.05) is 18.7 Å². The Balaban J connectivity index is 1.80. The summed E-state index contributed by atoms with van der Waals surface area (Å²) in [5, 5.41) is 9.30. The molecule has 0 aromatic heterocycles. The molecule has 2 aliphatic carbocycles. The molecule has 4 heteroatoms. The largest absolute Gasteiger partial charge is 0.481 e. The number of likely N-dealkylation sites (tertiary alicyclic amines) is 1. The van der Waals surface area contributed by atoms with Gasteiger partial charge in [0, 0.05) is 12.6 Å². The van der Waals surface area contributed by atoms with Gasteiger partial charge in [-0.2, -0.15) is 0 Å². The van der Waals surface area contributed by atoms with Crippen molar-refractivity contribution >= 4 is 11.9 Å². The number of fused-ring (bicyclic) bond motifs is 2. The molecule has 4 nitrogen and oxygen atoms in total. The lowest BCUT2D eigenvalue weighted by molar-refractivity contribution is -0.142. The van der Waals surface area contributed by atoms with E-state index in [4.69, 9.17) is 0 Å². The van der Waals surface area contributed by atoms with Crippen molar-refractivity contribution in [1.82, 2.24) is 4.90 Å². The Labute approximate surface area is 126 Å². The molecule has 1 aliphatic heterocycles. The van der Waals surface area contributed by atoms with Gasteiger partial charge in [0.05, 0.1) is 11.8 Å². The Hall–Kier alpha value is -1.06. The Kier molecular flexibility index (Phi) is 2.84. The number of amides is 1. The molecule has 1 saturated heterocycles. The van der Waals surface area contributed by atoms with Crippen LogP contribution < -0.4 is 0 Å². The zero-order valence-corrected chi connectivity index (χ0v) is 13.8. The molecule has 1 heterocycles. The van der Waals surface area contributed by atoms with Crippen molar-refractivity contribution in [2.45, 2.75) is 59.9 Å². The lowest BCUT2D eigenvalue weighted by Gasteiger charge is -2.39. The average Bonchev–Trinajstić information content (AvgIpc) is 2.75. The fourth-order valence-corrected chi connectivity index (χ4v) is 5.46. The molecule has 2 unspecified atom stereocenters. The van der Waals surface area contributed by atoms with Crippen LogP contribution >= 0.6 is 0 Å². The Bertz CT molecular complexity index is 510. The summed E-state index contributed by atoms with van der Waals surface area (Å²) in [5.74, 6) is -1.58. The maximum Gasteiger partial charge on any atom is 0.307 e. The predicted molar refractivity (Wildman–Crippen MR) is 79.6 cm³/mol. The number of carboxylic acids is 1. The minimum Gasteiger partial charge on any atom is -0.481 e. The van der Waals surface area contributed by atoms with Crippen LogP contribution in [0.15, 0.2) is 0 Å². The highest BCUT2D eigenvalue weighted by Crippen LogP contribution is 2.61. The minimum atomic E-state index is -0.827. The highest BCUT2D eigenvalue weighted by molar-refractivity contribution is 5.92. The summed E-state index contributed by atoms with van der Waals surface area (Å²) in [4.78, 5) is 26.2. The van der Waals surface area contributed by atoms with Gasteiger partial charge >= 0.3 is 5.97 Å². The molecule has 2 bridgehead atoms. The molecule has 3 aliphatic rings. The molecule has 0 aromatic rings. The second-order valence-corrected chi connectivity index (χ2v) is 9.29. The lowest BCUT2D eigenvalue weighted by atomic mass is 9.65. The molecular weight excluding hydrogens is 266 g/mol. The Morgan fingerprint density at radius 1 is 1.05 bits per heavy atom. The van der Waals surface area contributed by atoms with E-state index in [0.29, 0.717) is 6.04 Å². The van der Waals surface area contributed by atoms with E-state index >= 15 is 0 Å². The molecule has 118 valence electrons. The maximum absolute atomic E-state index is 12.9. The minimum absolute atomic E-state index is 0.0822. The second-order valence-electron chi connectivity index (χ2n) is 9.29. The molecule has 21 heavy (non-hydrogen) atoms. The average molecular weight is 293 g/mol. The van der Waals surface area contributed by atoms with Crippen LogP contribution in [0.25, 0.3) is 0 Å². The number of carboxylic acid groups (broad SMARTS) is 1. The van der Waals surface area contributed by atoms with Gasteiger partial charge in [0.2, 0.25) is 5.91 Å². The number of aliphatic carboxylic acids is 1. The van der Waals surface area contributed by atoms with Crippen LogP contribution in [0.5, 0.6) is 0 Å². The SMILES string of the molecule is CC1(C)CC2CC(C)(CN2C(=O)[C@H]2[C@@H](C(=O)O)C2(C)C)C1. The number of hydrogen-bond donors (Lipinski definition) is 1. The van der Waals surface area contributed by atoms with Crippen LogP contribution in [0.3, 0.4) is 0 Å². The zero-order chi connectivity index (χ0) is 15.8. The van der Waals surface area contributed by atoms with E-state index in [1.54, 1.807) is 0 Å². The summed E-state index contributed by atoms with van der Waals surface area (Å²) < 4.78 is 0. The zero-order valence-electron chi connectivity index (χ0n) is 13.8. The fourth-order valence-electron chi connectivity index (χ4n) is 5.46. The third-order valence-corrected chi connectivity index (χ3v) is 6.06. The third-order valence-electron chi connectivity index (χ3n) is 6.06. The van der Waals surface area contributed by atoms with Crippen LogP contribution in [0.2, 0.25) is 0 Å². The summed E-state index contributed by atoms with van der Waals surface area (Å²) >= 11 is 0. The highest BCUT2D eigenvalue weighted by atomic mass is 16.4. The van der Waals surface area contributed by atoms with Crippen molar-refractivity contribution in [3.8, 4) is 0 Å². The van der Waals surface area contributed by atoms with E-state index in [9.17, 15) is 14.7 Å². The Morgan fingerprint density at radius 3 is 2.19 bits per heavy atom. The summed E-state index contributed by atoms with van der Waals surface area (Å²) in [6.45, 7) is 11.5.